The quantitative estimate of drug-likeness (QED) is 0.433. The Morgan fingerprint density at radius 2 is 1.85 bits per heavy atom. The van der Waals surface area contributed by atoms with Gasteiger partial charge in [0, 0.05) is 36.3 Å². The third-order valence-electron chi connectivity index (χ3n) is 6.09. The maximum atomic E-state index is 12.5. The van der Waals surface area contributed by atoms with E-state index in [9.17, 15) is 4.79 Å². The van der Waals surface area contributed by atoms with Crippen LogP contribution in [0.5, 0.6) is 0 Å². The summed E-state index contributed by atoms with van der Waals surface area (Å²) in [4.78, 5) is 24.2. The summed E-state index contributed by atoms with van der Waals surface area (Å²) in [6.45, 7) is 10.6. The van der Waals surface area contributed by atoms with Gasteiger partial charge in [-0.05, 0) is 86.7 Å². The molecule has 4 rings (SSSR count). The van der Waals surface area contributed by atoms with Crippen LogP contribution in [-0.4, -0.2) is 53.0 Å². The molecule has 1 aromatic heterocycles. The van der Waals surface area contributed by atoms with Gasteiger partial charge in [-0.2, -0.15) is 0 Å². The highest BCUT2D eigenvalue weighted by Gasteiger charge is 2.24. The number of fused-ring (bicyclic) bond motifs is 1. The number of carbonyl (C=O) groups excluding carboxylic acids is 1. The van der Waals surface area contributed by atoms with Gasteiger partial charge in [0.2, 0.25) is 5.95 Å². The number of anilines is 1. The average Bonchev–Trinajstić information content (AvgIpc) is 3.63. The number of nitrogens with zero attached hydrogens (tertiary/aromatic N) is 3. The molecule has 6 nitrogen and oxygen atoms in total. The molecule has 0 atom stereocenters. The van der Waals surface area contributed by atoms with Crippen LogP contribution < -0.4 is 10.6 Å². The first-order valence-electron chi connectivity index (χ1n) is 12.2. The fourth-order valence-corrected chi connectivity index (χ4v) is 4.15. The summed E-state index contributed by atoms with van der Waals surface area (Å²) in [6.07, 6.45) is 6.39. The Morgan fingerprint density at radius 3 is 2.58 bits per heavy atom. The van der Waals surface area contributed by atoms with E-state index in [-0.39, 0.29) is 5.91 Å². The van der Waals surface area contributed by atoms with Crippen molar-refractivity contribution in [2.24, 2.45) is 0 Å². The molecule has 0 unspecified atom stereocenters. The molecule has 0 spiro atoms. The fraction of sp³-hybridized carbons (Fsp3) is 0.444. The highest BCUT2D eigenvalue weighted by atomic mass is 16.1. The van der Waals surface area contributed by atoms with Crippen molar-refractivity contribution in [1.82, 2.24) is 20.2 Å². The van der Waals surface area contributed by atoms with Gasteiger partial charge >= 0.3 is 0 Å². The molecule has 1 aliphatic rings. The van der Waals surface area contributed by atoms with Crippen LogP contribution in [-0.2, 0) is 0 Å². The van der Waals surface area contributed by atoms with Crippen LogP contribution in [0.3, 0.4) is 0 Å². The van der Waals surface area contributed by atoms with E-state index in [0.717, 1.165) is 66.6 Å². The monoisotopic (exact) mass is 445 g/mol. The fourth-order valence-electron chi connectivity index (χ4n) is 4.15. The Balaban J connectivity index is 1.47. The summed E-state index contributed by atoms with van der Waals surface area (Å²) in [6, 6.07) is 12.5. The van der Waals surface area contributed by atoms with E-state index in [1.54, 1.807) is 0 Å². The first kappa shape index (κ1) is 23.2. The van der Waals surface area contributed by atoms with Crippen molar-refractivity contribution >= 4 is 22.8 Å². The lowest BCUT2D eigenvalue weighted by atomic mass is 9.97. The average molecular weight is 446 g/mol. The molecule has 1 aliphatic carbocycles. The zero-order valence-corrected chi connectivity index (χ0v) is 20.0. The largest absolute Gasteiger partial charge is 0.353 e. The number of amides is 1. The van der Waals surface area contributed by atoms with Crippen LogP contribution in [0.1, 0.15) is 55.5 Å². The number of aryl methyl sites for hydroxylation is 1. The van der Waals surface area contributed by atoms with Crippen molar-refractivity contribution in [2.75, 3.05) is 31.5 Å². The molecule has 33 heavy (non-hydrogen) atoms. The Bertz CT molecular complexity index is 1100. The summed E-state index contributed by atoms with van der Waals surface area (Å²) in [5, 5.41) is 7.43. The highest BCUT2D eigenvalue weighted by Crippen LogP contribution is 2.28. The van der Waals surface area contributed by atoms with E-state index in [2.05, 4.69) is 53.4 Å². The normalized spacial score (nSPS) is 13.5. The lowest BCUT2D eigenvalue weighted by Crippen LogP contribution is -2.30. The predicted molar refractivity (Wildman–Crippen MR) is 136 cm³/mol. The minimum Gasteiger partial charge on any atom is -0.353 e. The number of benzene rings is 2. The van der Waals surface area contributed by atoms with Gasteiger partial charge in [0.25, 0.3) is 5.91 Å². The molecule has 174 valence electrons. The zero-order chi connectivity index (χ0) is 23.2. The summed E-state index contributed by atoms with van der Waals surface area (Å²) in [7, 11) is 0. The van der Waals surface area contributed by atoms with Crippen LogP contribution >= 0.6 is 0 Å². The minimum absolute atomic E-state index is 0.00928. The van der Waals surface area contributed by atoms with E-state index in [1.165, 1.54) is 12.8 Å². The molecule has 2 N–H and O–H groups in total. The molecule has 0 bridgehead atoms. The van der Waals surface area contributed by atoms with E-state index in [1.807, 2.05) is 30.5 Å². The molecule has 1 heterocycles. The smallest absolute Gasteiger partial charge is 0.251 e. The molecule has 1 amide bonds. The van der Waals surface area contributed by atoms with E-state index in [4.69, 9.17) is 4.98 Å². The van der Waals surface area contributed by atoms with Crippen LogP contribution in [0.25, 0.3) is 22.0 Å². The molecule has 0 aliphatic heterocycles. The van der Waals surface area contributed by atoms with E-state index in [0.29, 0.717) is 17.6 Å². The van der Waals surface area contributed by atoms with Gasteiger partial charge in [-0.3, -0.25) is 4.79 Å². The number of hydrogen-bond acceptors (Lipinski definition) is 5. The van der Waals surface area contributed by atoms with Crippen LogP contribution in [0.15, 0.2) is 42.6 Å². The zero-order valence-electron chi connectivity index (χ0n) is 20.0. The molecule has 1 fully saturated rings. The Morgan fingerprint density at radius 1 is 1.06 bits per heavy atom. The van der Waals surface area contributed by atoms with Gasteiger partial charge < -0.3 is 15.5 Å². The molecule has 0 saturated heterocycles. The molecule has 3 aromatic rings. The second-order valence-electron chi connectivity index (χ2n) is 9.01. The standard InChI is InChI=1S/C27H35N5O/c1-4-13-32(14-5-2)15-12-28-27-29-18-22-16-20(8-11-25(22)31-27)24-17-21(7-6-19(24)3)26(33)30-23-9-10-23/h6-8,11,16-18,23H,4-5,9-10,12-15H2,1-3H3,(H,30,33)(H,28,29,31). The minimum atomic E-state index is 0.00928. The Kier molecular flexibility index (Phi) is 7.55. The Labute approximate surface area is 196 Å². The number of nitrogens with one attached hydrogen (secondary N) is 2. The molecular weight excluding hydrogens is 410 g/mol. The molecule has 2 aromatic carbocycles. The van der Waals surface area contributed by atoms with Crippen molar-refractivity contribution in [1.29, 1.82) is 0 Å². The van der Waals surface area contributed by atoms with Crippen molar-refractivity contribution in [3.8, 4) is 11.1 Å². The first-order chi connectivity index (χ1) is 16.1. The molecule has 1 saturated carbocycles. The molecule has 0 radical (unpaired) electrons. The molecular formula is C27H35N5O. The lowest BCUT2D eigenvalue weighted by Gasteiger charge is -2.20. The number of aromatic nitrogens is 2. The third-order valence-corrected chi connectivity index (χ3v) is 6.09. The first-order valence-corrected chi connectivity index (χ1v) is 12.2. The van der Waals surface area contributed by atoms with Gasteiger partial charge in [-0.1, -0.05) is 26.0 Å². The number of carbonyl (C=O) groups is 1. The second-order valence-corrected chi connectivity index (χ2v) is 9.01. The Hall–Kier alpha value is -2.99. The van der Waals surface area contributed by atoms with Gasteiger partial charge in [-0.25, -0.2) is 9.97 Å². The summed E-state index contributed by atoms with van der Waals surface area (Å²) < 4.78 is 0. The van der Waals surface area contributed by atoms with Crippen molar-refractivity contribution in [2.45, 2.75) is 52.5 Å². The highest BCUT2D eigenvalue weighted by molar-refractivity contribution is 5.96. The van der Waals surface area contributed by atoms with Crippen molar-refractivity contribution < 1.29 is 4.79 Å². The maximum Gasteiger partial charge on any atom is 0.251 e. The predicted octanol–water partition coefficient (Wildman–Crippen LogP) is 5.03. The van der Waals surface area contributed by atoms with E-state index >= 15 is 0 Å². The summed E-state index contributed by atoms with van der Waals surface area (Å²) >= 11 is 0. The summed E-state index contributed by atoms with van der Waals surface area (Å²) in [5.74, 6) is 0.674. The van der Waals surface area contributed by atoms with Crippen LogP contribution in [0.2, 0.25) is 0 Å². The van der Waals surface area contributed by atoms with Gasteiger partial charge in [0.1, 0.15) is 0 Å². The topological polar surface area (TPSA) is 70.2 Å². The SMILES string of the molecule is CCCN(CCC)CCNc1ncc2cc(-c3cc(C(=O)NC4CC4)ccc3C)ccc2n1. The lowest BCUT2D eigenvalue weighted by molar-refractivity contribution is 0.0951. The maximum absolute atomic E-state index is 12.5. The van der Waals surface area contributed by atoms with Crippen LogP contribution in [0.4, 0.5) is 5.95 Å². The van der Waals surface area contributed by atoms with E-state index < -0.39 is 0 Å². The number of rotatable bonds is 11. The van der Waals surface area contributed by atoms with Gasteiger partial charge in [0.15, 0.2) is 0 Å². The molecule has 6 heteroatoms. The number of hydrogen-bond donors (Lipinski definition) is 2. The third kappa shape index (κ3) is 6.08. The van der Waals surface area contributed by atoms with Gasteiger partial charge in [0.05, 0.1) is 5.52 Å². The van der Waals surface area contributed by atoms with Crippen molar-refractivity contribution in [3.63, 3.8) is 0 Å². The van der Waals surface area contributed by atoms with Crippen LogP contribution in [0, 0.1) is 6.92 Å². The van der Waals surface area contributed by atoms with Crippen molar-refractivity contribution in [3.05, 3.63) is 53.7 Å². The van der Waals surface area contributed by atoms with Gasteiger partial charge in [-0.15, -0.1) is 0 Å². The second kappa shape index (κ2) is 10.8. The summed E-state index contributed by atoms with van der Waals surface area (Å²) in [5.41, 5.74) is 4.89.